The molecule has 0 radical (unpaired) electrons. The number of imidazole rings is 1. The van der Waals surface area contributed by atoms with Crippen molar-refractivity contribution in [1.29, 1.82) is 0 Å². The number of aromatic nitrogens is 3. The average molecular weight is 427 g/mol. The number of nitrogens with zero attached hydrogens (tertiary/aromatic N) is 4. The van der Waals surface area contributed by atoms with E-state index in [1.54, 1.807) is 33.2 Å². The number of nitrogens with one attached hydrogen (secondary N) is 2. The summed E-state index contributed by atoms with van der Waals surface area (Å²) in [6, 6.07) is 5.91. The molecule has 1 unspecified atom stereocenters. The number of nitrogen functional groups attached to an aromatic ring is 1. The molecule has 3 aromatic rings. The van der Waals surface area contributed by atoms with Gasteiger partial charge in [0, 0.05) is 38.8 Å². The van der Waals surface area contributed by atoms with Crippen molar-refractivity contribution in [2.45, 2.75) is 26.2 Å². The minimum absolute atomic E-state index is 0.0267. The molecule has 0 fully saturated rings. The van der Waals surface area contributed by atoms with E-state index < -0.39 is 11.8 Å². The molecule has 1 atom stereocenters. The maximum absolute atomic E-state index is 14.6. The van der Waals surface area contributed by atoms with Gasteiger partial charge in [-0.25, -0.2) is 18.8 Å². The second-order valence-corrected chi connectivity index (χ2v) is 7.45. The van der Waals surface area contributed by atoms with Gasteiger partial charge < -0.3 is 16.1 Å². The third-order valence-corrected chi connectivity index (χ3v) is 4.93. The predicted octanol–water partition coefficient (Wildman–Crippen LogP) is 2.67. The summed E-state index contributed by atoms with van der Waals surface area (Å²) >= 11 is 0. The Morgan fingerprint density at radius 1 is 1.32 bits per heavy atom. The van der Waals surface area contributed by atoms with Crippen molar-refractivity contribution in [1.82, 2.24) is 24.9 Å². The fourth-order valence-electron chi connectivity index (χ4n) is 3.26. The molecule has 0 saturated carbocycles. The maximum Gasteiger partial charge on any atom is 0.321 e. The number of hydrogen-bond acceptors (Lipinski definition) is 5. The van der Waals surface area contributed by atoms with Gasteiger partial charge in [0.1, 0.15) is 17.0 Å². The summed E-state index contributed by atoms with van der Waals surface area (Å²) in [6.07, 6.45) is 1.76. The van der Waals surface area contributed by atoms with Crippen LogP contribution in [0, 0.1) is 5.82 Å². The second kappa shape index (κ2) is 8.99. The molecule has 0 saturated heterocycles. The van der Waals surface area contributed by atoms with Crippen molar-refractivity contribution in [3.05, 3.63) is 41.8 Å². The molecule has 4 N–H and O–H groups in total. The topological polar surface area (TPSA) is 118 Å². The van der Waals surface area contributed by atoms with E-state index >= 15 is 0 Å². The van der Waals surface area contributed by atoms with E-state index in [2.05, 4.69) is 20.6 Å². The third kappa shape index (κ3) is 4.57. The van der Waals surface area contributed by atoms with Crippen molar-refractivity contribution in [3.8, 4) is 11.3 Å². The standard InChI is InChI=1S/C21H26FN7O2/c1-5-24-21(31)27-20-26-16-11-13(12(2)9-17(30)28(3)4)10-14(19(16)29(20)23)18-15(22)7-6-8-25-18/h6-8,10-12H,5,9,23H2,1-4H3,(H2,24,26,27,31). The number of hydrogen-bond donors (Lipinski definition) is 3. The largest absolute Gasteiger partial charge is 0.349 e. The lowest BCUT2D eigenvalue weighted by atomic mass is 9.93. The van der Waals surface area contributed by atoms with Gasteiger partial charge in [0.25, 0.3) is 0 Å². The molecular weight excluding hydrogens is 401 g/mol. The number of nitrogens with two attached hydrogens (primary N) is 1. The van der Waals surface area contributed by atoms with Gasteiger partial charge in [-0.1, -0.05) is 6.92 Å². The molecule has 9 nitrogen and oxygen atoms in total. The summed E-state index contributed by atoms with van der Waals surface area (Å²) in [5.74, 6) is 5.62. The highest BCUT2D eigenvalue weighted by Gasteiger charge is 2.22. The Labute approximate surface area is 179 Å². The molecule has 2 heterocycles. The van der Waals surface area contributed by atoms with Crippen LogP contribution in [0.15, 0.2) is 30.5 Å². The lowest BCUT2D eigenvalue weighted by molar-refractivity contribution is -0.129. The molecule has 0 aliphatic heterocycles. The van der Waals surface area contributed by atoms with Crippen LogP contribution in [-0.2, 0) is 4.79 Å². The number of urea groups is 1. The molecule has 3 rings (SSSR count). The molecule has 31 heavy (non-hydrogen) atoms. The van der Waals surface area contributed by atoms with Gasteiger partial charge >= 0.3 is 6.03 Å². The molecule has 3 amide bonds. The van der Waals surface area contributed by atoms with E-state index in [1.807, 2.05) is 6.92 Å². The minimum atomic E-state index is -0.516. The fourth-order valence-corrected chi connectivity index (χ4v) is 3.26. The van der Waals surface area contributed by atoms with Gasteiger partial charge in [0.2, 0.25) is 11.9 Å². The zero-order valence-corrected chi connectivity index (χ0v) is 17.9. The Kier molecular flexibility index (Phi) is 6.38. The number of carbonyl (C=O) groups is 2. The fraction of sp³-hybridized carbons (Fsp3) is 0.333. The van der Waals surface area contributed by atoms with Gasteiger partial charge in [-0.2, -0.15) is 0 Å². The van der Waals surface area contributed by atoms with Gasteiger partial charge in [0.15, 0.2) is 0 Å². The van der Waals surface area contributed by atoms with E-state index in [9.17, 15) is 14.0 Å². The molecule has 0 spiro atoms. The maximum atomic E-state index is 14.6. The first-order valence-corrected chi connectivity index (χ1v) is 9.90. The van der Waals surface area contributed by atoms with Crippen molar-refractivity contribution < 1.29 is 14.0 Å². The summed E-state index contributed by atoms with van der Waals surface area (Å²) in [6.45, 7) is 4.13. The summed E-state index contributed by atoms with van der Waals surface area (Å²) in [4.78, 5) is 34.3. The smallest absolute Gasteiger partial charge is 0.321 e. The van der Waals surface area contributed by atoms with Crippen LogP contribution < -0.4 is 16.5 Å². The molecule has 0 aliphatic rings. The van der Waals surface area contributed by atoms with Crippen LogP contribution in [-0.4, -0.2) is 52.1 Å². The SMILES string of the molecule is CCNC(=O)Nc1nc2cc(C(C)CC(=O)N(C)C)cc(-c3ncccc3F)c2n1N. The van der Waals surface area contributed by atoms with Crippen LogP contribution in [0.1, 0.15) is 31.7 Å². The van der Waals surface area contributed by atoms with Gasteiger partial charge in [-0.05, 0) is 42.7 Å². The molecule has 1 aromatic carbocycles. The minimum Gasteiger partial charge on any atom is -0.349 e. The zero-order valence-electron chi connectivity index (χ0n) is 17.9. The highest BCUT2D eigenvalue weighted by Crippen LogP contribution is 2.34. The number of benzene rings is 1. The lowest BCUT2D eigenvalue weighted by Gasteiger charge is -2.17. The number of pyridine rings is 1. The van der Waals surface area contributed by atoms with E-state index in [-0.39, 0.29) is 29.9 Å². The first-order valence-electron chi connectivity index (χ1n) is 9.90. The zero-order chi connectivity index (χ0) is 22.7. The Hall–Kier alpha value is -3.69. The van der Waals surface area contributed by atoms with Gasteiger partial charge in [0.05, 0.1) is 5.52 Å². The normalized spacial score (nSPS) is 11.9. The quantitative estimate of drug-likeness (QED) is 0.523. The Bertz CT molecular complexity index is 1130. The summed E-state index contributed by atoms with van der Waals surface area (Å²) < 4.78 is 15.8. The third-order valence-electron chi connectivity index (χ3n) is 4.93. The molecule has 10 heteroatoms. The summed E-state index contributed by atoms with van der Waals surface area (Å²) in [7, 11) is 3.39. The average Bonchev–Trinajstić information content (AvgIpc) is 3.03. The highest BCUT2D eigenvalue weighted by atomic mass is 19.1. The number of amides is 3. The van der Waals surface area contributed by atoms with Crippen molar-refractivity contribution in [2.24, 2.45) is 0 Å². The Balaban J connectivity index is 2.17. The molecule has 2 aromatic heterocycles. The van der Waals surface area contributed by atoms with Crippen LogP contribution in [0.25, 0.3) is 22.3 Å². The molecule has 164 valence electrons. The van der Waals surface area contributed by atoms with Crippen LogP contribution in [0.5, 0.6) is 0 Å². The number of carbonyl (C=O) groups excluding carboxylic acids is 2. The van der Waals surface area contributed by atoms with Gasteiger partial charge in [-0.3, -0.25) is 15.1 Å². The highest BCUT2D eigenvalue weighted by molar-refractivity contribution is 5.96. The first-order chi connectivity index (χ1) is 14.7. The number of halogens is 1. The molecule has 0 aliphatic carbocycles. The van der Waals surface area contributed by atoms with E-state index in [4.69, 9.17) is 5.84 Å². The number of rotatable bonds is 6. The number of anilines is 1. The van der Waals surface area contributed by atoms with Crippen LogP contribution in [0.2, 0.25) is 0 Å². The predicted molar refractivity (Wildman–Crippen MR) is 117 cm³/mol. The second-order valence-electron chi connectivity index (χ2n) is 7.45. The van der Waals surface area contributed by atoms with E-state index in [1.165, 1.54) is 27.9 Å². The Morgan fingerprint density at radius 2 is 2.06 bits per heavy atom. The van der Waals surface area contributed by atoms with Crippen LogP contribution in [0.4, 0.5) is 15.1 Å². The Morgan fingerprint density at radius 3 is 2.71 bits per heavy atom. The summed E-state index contributed by atoms with van der Waals surface area (Å²) in [5, 5.41) is 5.20. The van der Waals surface area contributed by atoms with Crippen molar-refractivity contribution in [3.63, 3.8) is 0 Å². The van der Waals surface area contributed by atoms with E-state index in [0.717, 1.165) is 5.56 Å². The molecular formula is C21H26FN7O2. The molecule has 0 bridgehead atoms. The van der Waals surface area contributed by atoms with Crippen LogP contribution in [0.3, 0.4) is 0 Å². The lowest BCUT2D eigenvalue weighted by Crippen LogP contribution is -2.30. The monoisotopic (exact) mass is 427 g/mol. The van der Waals surface area contributed by atoms with Crippen molar-refractivity contribution in [2.75, 3.05) is 31.8 Å². The van der Waals surface area contributed by atoms with Crippen molar-refractivity contribution >= 4 is 28.9 Å². The van der Waals surface area contributed by atoms with Crippen LogP contribution >= 0.6 is 0 Å². The van der Waals surface area contributed by atoms with Gasteiger partial charge in [-0.15, -0.1) is 0 Å². The number of fused-ring (bicyclic) bond motifs is 1. The van der Waals surface area contributed by atoms with E-state index in [0.29, 0.717) is 23.1 Å². The summed E-state index contributed by atoms with van der Waals surface area (Å²) in [5.41, 5.74) is 2.19. The first kappa shape index (κ1) is 22.0.